The average molecular weight is 224 g/mol. The maximum Gasteiger partial charge on any atom is 0.237 e. The van der Waals surface area contributed by atoms with Crippen LogP contribution in [0, 0.1) is 5.92 Å². The van der Waals surface area contributed by atoms with Crippen LogP contribution in [0.15, 0.2) is 11.6 Å². The highest BCUT2D eigenvalue weighted by molar-refractivity contribution is 5.83. The van der Waals surface area contributed by atoms with Gasteiger partial charge in [0.15, 0.2) is 0 Å². The largest absolute Gasteiger partial charge is 0.368 e. The zero-order valence-electron chi connectivity index (χ0n) is 10.9. The summed E-state index contributed by atoms with van der Waals surface area (Å²) in [6, 6.07) is 0. The first-order valence-electron chi connectivity index (χ1n) is 6.08. The van der Waals surface area contributed by atoms with Crippen LogP contribution >= 0.6 is 0 Å². The number of hydrogen-bond donors (Lipinski definition) is 1. The van der Waals surface area contributed by atoms with Crippen LogP contribution < -0.4 is 5.73 Å². The highest BCUT2D eigenvalue weighted by atomic mass is 16.1. The van der Waals surface area contributed by atoms with E-state index in [1.807, 2.05) is 13.8 Å². The highest BCUT2D eigenvalue weighted by Gasteiger charge is 2.33. The van der Waals surface area contributed by atoms with Crippen molar-refractivity contribution in [1.29, 1.82) is 0 Å². The summed E-state index contributed by atoms with van der Waals surface area (Å²) in [7, 11) is 0. The molecule has 0 radical (unpaired) electrons. The van der Waals surface area contributed by atoms with E-state index in [2.05, 4.69) is 24.8 Å². The molecule has 16 heavy (non-hydrogen) atoms. The van der Waals surface area contributed by atoms with E-state index in [-0.39, 0.29) is 5.91 Å². The van der Waals surface area contributed by atoms with Crippen molar-refractivity contribution in [3.8, 4) is 0 Å². The second kappa shape index (κ2) is 5.00. The van der Waals surface area contributed by atoms with Gasteiger partial charge in [0.25, 0.3) is 0 Å². The van der Waals surface area contributed by atoms with Crippen molar-refractivity contribution in [2.45, 2.75) is 46.1 Å². The minimum atomic E-state index is -0.511. The number of nitrogens with zero attached hydrogens (tertiary/aromatic N) is 1. The molecule has 1 aliphatic heterocycles. The number of carbonyl (C=O) groups excluding carboxylic acids is 1. The van der Waals surface area contributed by atoms with Crippen LogP contribution in [-0.4, -0.2) is 29.4 Å². The molecule has 0 aliphatic carbocycles. The first-order valence-corrected chi connectivity index (χ1v) is 6.08. The predicted molar refractivity (Wildman–Crippen MR) is 67.0 cm³/mol. The standard InChI is InChI=1S/C13H24N2O/c1-10(2)9-11-5-7-15(8-6-11)13(3,4)12(14)16/h9-10H,5-8H2,1-4H3,(H2,14,16). The van der Waals surface area contributed by atoms with Gasteiger partial charge < -0.3 is 5.73 Å². The van der Waals surface area contributed by atoms with Gasteiger partial charge >= 0.3 is 0 Å². The normalized spacial score (nSPS) is 18.9. The third-order valence-corrected chi connectivity index (χ3v) is 3.37. The Morgan fingerprint density at radius 3 is 2.25 bits per heavy atom. The number of allylic oxidation sites excluding steroid dienone is 1. The Labute approximate surface area is 98.7 Å². The second-order valence-electron chi connectivity index (χ2n) is 5.48. The molecule has 1 fully saturated rings. The van der Waals surface area contributed by atoms with Gasteiger partial charge in [-0.15, -0.1) is 0 Å². The van der Waals surface area contributed by atoms with Crippen molar-refractivity contribution in [3.05, 3.63) is 11.6 Å². The zero-order valence-corrected chi connectivity index (χ0v) is 10.9. The molecule has 1 heterocycles. The van der Waals surface area contributed by atoms with Gasteiger partial charge in [0.2, 0.25) is 5.91 Å². The molecule has 3 heteroatoms. The van der Waals surface area contributed by atoms with Gasteiger partial charge in [0.1, 0.15) is 0 Å². The van der Waals surface area contributed by atoms with Gasteiger partial charge in [-0.3, -0.25) is 9.69 Å². The van der Waals surface area contributed by atoms with Gasteiger partial charge in [-0.2, -0.15) is 0 Å². The first kappa shape index (κ1) is 13.2. The topological polar surface area (TPSA) is 46.3 Å². The summed E-state index contributed by atoms with van der Waals surface area (Å²) in [5.41, 5.74) is 6.43. The van der Waals surface area contributed by atoms with E-state index in [0.717, 1.165) is 25.9 Å². The molecule has 1 saturated heterocycles. The third-order valence-electron chi connectivity index (χ3n) is 3.37. The lowest BCUT2D eigenvalue weighted by Gasteiger charge is -2.39. The molecule has 0 aromatic carbocycles. The quantitative estimate of drug-likeness (QED) is 0.745. The lowest BCUT2D eigenvalue weighted by Crippen LogP contribution is -2.55. The summed E-state index contributed by atoms with van der Waals surface area (Å²) in [6.07, 6.45) is 4.47. The number of rotatable bonds is 3. The van der Waals surface area contributed by atoms with Crippen molar-refractivity contribution in [1.82, 2.24) is 4.90 Å². The molecule has 0 aromatic rings. The molecule has 3 nitrogen and oxygen atoms in total. The Hall–Kier alpha value is -0.830. The van der Waals surface area contributed by atoms with Crippen molar-refractivity contribution in [2.75, 3.05) is 13.1 Å². The molecule has 92 valence electrons. The Morgan fingerprint density at radius 1 is 1.38 bits per heavy atom. The van der Waals surface area contributed by atoms with Crippen molar-refractivity contribution in [2.24, 2.45) is 11.7 Å². The van der Waals surface area contributed by atoms with Crippen LogP contribution in [0.1, 0.15) is 40.5 Å². The van der Waals surface area contributed by atoms with E-state index in [4.69, 9.17) is 5.73 Å². The molecule has 0 spiro atoms. The number of nitrogens with two attached hydrogens (primary N) is 1. The minimum absolute atomic E-state index is 0.233. The molecule has 0 unspecified atom stereocenters. The molecule has 0 aromatic heterocycles. The average Bonchev–Trinajstić information content (AvgIpc) is 2.17. The molecular formula is C13H24N2O. The number of likely N-dealkylation sites (tertiary alicyclic amines) is 1. The lowest BCUT2D eigenvalue weighted by atomic mass is 9.94. The summed E-state index contributed by atoms with van der Waals surface area (Å²) in [4.78, 5) is 13.5. The second-order valence-corrected chi connectivity index (χ2v) is 5.48. The monoisotopic (exact) mass is 224 g/mol. The fraction of sp³-hybridized carbons (Fsp3) is 0.769. The SMILES string of the molecule is CC(C)C=C1CCN(C(C)(C)C(N)=O)CC1. The van der Waals surface area contributed by atoms with E-state index >= 15 is 0 Å². The molecule has 0 saturated carbocycles. The van der Waals surface area contributed by atoms with Crippen molar-refractivity contribution in [3.63, 3.8) is 0 Å². The zero-order chi connectivity index (χ0) is 12.3. The maximum absolute atomic E-state index is 11.3. The van der Waals surface area contributed by atoms with E-state index in [9.17, 15) is 4.79 Å². The van der Waals surface area contributed by atoms with Crippen LogP contribution in [0.25, 0.3) is 0 Å². The number of carbonyl (C=O) groups is 1. The number of hydrogen-bond acceptors (Lipinski definition) is 2. The van der Waals surface area contributed by atoms with E-state index in [1.54, 1.807) is 0 Å². The minimum Gasteiger partial charge on any atom is -0.368 e. The van der Waals surface area contributed by atoms with E-state index in [1.165, 1.54) is 5.57 Å². The highest BCUT2D eigenvalue weighted by Crippen LogP contribution is 2.24. The molecular weight excluding hydrogens is 200 g/mol. The van der Waals surface area contributed by atoms with Gasteiger partial charge in [0, 0.05) is 13.1 Å². The van der Waals surface area contributed by atoms with Crippen LogP contribution in [0.5, 0.6) is 0 Å². The van der Waals surface area contributed by atoms with Crippen LogP contribution in [0.3, 0.4) is 0 Å². The summed E-state index contributed by atoms with van der Waals surface area (Å²) in [5.74, 6) is 0.384. The number of amides is 1. The van der Waals surface area contributed by atoms with Gasteiger partial charge in [-0.1, -0.05) is 25.5 Å². The van der Waals surface area contributed by atoms with Gasteiger partial charge in [0.05, 0.1) is 5.54 Å². The summed E-state index contributed by atoms with van der Waals surface area (Å²) >= 11 is 0. The lowest BCUT2D eigenvalue weighted by molar-refractivity contribution is -0.128. The number of primary amides is 1. The molecule has 1 rings (SSSR count). The van der Waals surface area contributed by atoms with E-state index in [0.29, 0.717) is 5.92 Å². The number of piperidine rings is 1. The smallest absolute Gasteiger partial charge is 0.237 e. The van der Waals surface area contributed by atoms with Crippen LogP contribution in [-0.2, 0) is 4.79 Å². The first-order chi connectivity index (χ1) is 7.34. The fourth-order valence-electron chi connectivity index (χ4n) is 2.15. The Kier molecular flexibility index (Phi) is 4.14. The Bertz CT molecular complexity index is 282. The Balaban J connectivity index is 2.59. The maximum atomic E-state index is 11.3. The van der Waals surface area contributed by atoms with Crippen LogP contribution in [0.2, 0.25) is 0 Å². The fourth-order valence-corrected chi connectivity index (χ4v) is 2.15. The molecule has 0 atom stereocenters. The molecule has 1 aliphatic rings. The van der Waals surface area contributed by atoms with Crippen LogP contribution in [0.4, 0.5) is 0 Å². The summed E-state index contributed by atoms with van der Waals surface area (Å²) in [6.45, 7) is 10.1. The molecule has 2 N–H and O–H groups in total. The van der Waals surface area contributed by atoms with Gasteiger partial charge in [-0.05, 0) is 32.6 Å². The molecule has 0 bridgehead atoms. The third kappa shape index (κ3) is 3.08. The van der Waals surface area contributed by atoms with E-state index < -0.39 is 5.54 Å². The summed E-state index contributed by atoms with van der Waals surface area (Å²) in [5, 5.41) is 0. The summed E-state index contributed by atoms with van der Waals surface area (Å²) < 4.78 is 0. The van der Waals surface area contributed by atoms with Crippen molar-refractivity contribution >= 4 is 5.91 Å². The van der Waals surface area contributed by atoms with Gasteiger partial charge in [-0.25, -0.2) is 0 Å². The molecule has 1 amide bonds. The Morgan fingerprint density at radius 2 is 1.88 bits per heavy atom. The van der Waals surface area contributed by atoms with Crippen molar-refractivity contribution < 1.29 is 4.79 Å². The predicted octanol–water partition coefficient (Wildman–Crippen LogP) is 1.93.